The fraction of sp³-hybridized carbons (Fsp3) is 0.375. The zero-order valence-corrected chi connectivity index (χ0v) is 14.0. The number of hydrogen-bond acceptors (Lipinski definition) is 7. The van der Waals surface area contributed by atoms with Crippen molar-refractivity contribution in [2.75, 3.05) is 11.9 Å². The van der Waals surface area contributed by atoms with Crippen LogP contribution in [0.5, 0.6) is 0 Å². The van der Waals surface area contributed by atoms with Crippen molar-refractivity contribution < 1.29 is 23.5 Å². The highest BCUT2D eigenvalue weighted by Crippen LogP contribution is 2.21. The van der Waals surface area contributed by atoms with E-state index in [9.17, 15) is 9.59 Å². The molecule has 0 radical (unpaired) electrons. The van der Waals surface area contributed by atoms with Gasteiger partial charge in [-0.2, -0.15) is 0 Å². The molecule has 0 aliphatic carbocycles. The molecule has 1 aromatic carbocycles. The predicted octanol–water partition coefficient (Wildman–Crippen LogP) is 3.26. The molecule has 1 N–H and O–H groups in total. The molecule has 8 nitrogen and oxygen atoms in total. The van der Waals surface area contributed by atoms with Crippen LogP contribution in [-0.4, -0.2) is 34.5 Å². The van der Waals surface area contributed by atoms with Crippen molar-refractivity contribution in [3.63, 3.8) is 0 Å². The minimum atomic E-state index is -0.667. The van der Waals surface area contributed by atoms with Crippen LogP contribution in [0, 0.1) is 0 Å². The van der Waals surface area contributed by atoms with Gasteiger partial charge in [0.05, 0.1) is 6.61 Å². The van der Waals surface area contributed by atoms with Crippen molar-refractivity contribution in [3.8, 4) is 11.5 Å². The van der Waals surface area contributed by atoms with Crippen molar-refractivity contribution >= 4 is 17.7 Å². The van der Waals surface area contributed by atoms with Crippen LogP contribution in [-0.2, 0) is 9.47 Å². The maximum Gasteiger partial charge on any atom is 0.412 e. The number of anilines is 1. The van der Waals surface area contributed by atoms with E-state index in [0.29, 0.717) is 11.3 Å². The van der Waals surface area contributed by atoms with Gasteiger partial charge in [0.15, 0.2) is 0 Å². The van der Waals surface area contributed by atoms with Gasteiger partial charge < -0.3 is 13.9 Å². The normalized spacial score (nSPS) is 11.0. The Kier molecular flexibility index (Phi) is 5.18. The van der Waals surface area contributed by atoms with Gasteiger partial charge in [-0.1, -0.05) is 0 Å². The third-order valence-corrected chi connectivity index (χ3v) is 2.65. The number of rotatable bonds is 4. The Morgan fingerprint density at radius 2 is 1.83 bits per heavy atom. The van der Waals surface area contributed by atoms with Crippen LogP contribution in [0.3, 0.4) is 0 Å². The summed E-state index contributed by atoms with van der Waals surface area (Å²) < 4.78 is 15.2. The van der Waals surface area contributed by atoms with Gasteiger partial charge in [0.1, 0.15) is 5.60 Å². The van der Waals surface area contributed by atoms with Crippen LogP contribution in [0.4, 0.5) is 10.5 Å². The van der Waals surface area contributed by atoms with Crippen LogP contribution in [0.1, 0.15) is 38.4 Å². The molecule has 24 heavy (non-hydrogen) atoms. The molecule has 0 unspecified atom stereocenters. The van der Waals surface area contributed by atoms with E-state index in [4.69, 9.17) is 13.9 Å². The molecule has 0 saturated carbocycles. The first-order valence-corrected chi connectivity index (χ1v) is 7.39. The number of aromatic nitrogens is 2. The molecule has 128 valence electrons. The Morgan fingerprint density at radius 3 is 2.42 bits per heavy atom. The first kappa shape index (κ1) is 17.5. The quantitative estimate of drug-likeness (QED) is 0.856. The van der Waals surface area contributed by atoms with Gasteiger partial charge in [0, 0.05) is 11.3 Å². The topological polar surface area (TPSA) is 104 Å². The second-order valence-corrected chi connectivity index (χ2v) is 5.84. The summed E-state index contributed by atoms with van der Waals surface area (Å²) in [6.07, 6.45) is -0.544. The van der Waals surface area contributed by atoms with E-state index in [-0.39, 0.29) is 18.4 Å². The number of hydrogen-bond donors (Lipinski definition) is 1. The molecule has 2 aromatic rings. The molecule has 0 aliphatic rings. The molecule has 8 heteroatoms. The number of ether oxygens (including phenoxy) is 2. The average Bonchev–Trinajstić information content (AvgIpc) is 2.96. The Bertz CT molecular complexity index is 716. The van der Waals surface area contributed by atoms with Gasteiger partial charge in [0.2, 0.25) is 5.89 Å². The van der Waals surface area contributed by atoms with Crippen LogP contribution < -0.4 is 5.32 Å². The fourth-order valence-electron chi connectivity index (χ4n) is 1.73. The summed E-state index contributed by atoms with van der Waals surface area (Å²) in [5.41, 5.74) is 0.586. The first-order valence-electron chi connectivity index (χ1n) is 7.39. The molecule has 1 aromatic heterocycles. The highest BCUT2D eigenvalue weighted by Gasteiger charge is 2.18. The number of nitrogens with zero attached hydrogens (tertiary/aromatic N) is 2. The molecule has 2 rings (SSSR count). The van der Waals surface area contributed by atoms with Gasteiger partial charge >= 0.3 is 18.0 Å². The van der Waals surface area contributed by atoms with Crippen molar-refractivity contribution in [1.82, 2.24) is 10.2 Å². The summed E-state index contributed by atoms with van der Waals surface area (Å²) in [5, 5.41) is 10.1. The van der Waals surface area contributed by atoms with Gasteiger partial charge in [-0.3, -0.25) is 5.32 Å². The van der Waals surface area contributed by atoms with Crippen LogP contribution in [0.15, 0.2) is 28.7 Å². The standard InChI is InChI=1S/C16H19N3O5/c1-5-22-14(20)13-19-18-12(23-13)10-6-8-11(9-7-10)17-15(21)24-16(2,3)4/h6-9H,5H2,1-4H3,(H,17,21). The Balaban J connectivity index is 2.04. The lowest BCUT2D eigenvalue weighted by atomic mass is 10.2. The molecular formula is C16H19N3O5. The third-order valence-electron chi connectivity index (χ3n) is 2.65. The Hall–Kier alpha value is -2.90. The van der Waals surface area contributed by atoms with E-state index in [1.54, 1.807) is 52.0 Å². The van der Waals surface area contributed by atoms with Gasteiger partial charge in [-0.25, -0.2) is 9.59 Å². The first-order chi connectivity index (χ1) is 11.3. The molecule has 0 saturated heterocycles. The monoisotopic (exact) mass is 333 g/mol. The van der Waals surface area contributed by atoms with E-state index in [2.05, 4.69) is 15.5 Å². The predicted molar refractivity (Wildman–Crippen MR) is 85.5 cm³/mol. The third kappa shape index (κ3) is 4.80. The molecule has 1 heterocycles. The van der Waals surface area contributed by atoms with Crippen LogP contribution in [0.2, 0.25) is 0 Å². The molecule has 1 amide bonds. The SMILES string of the molecule is CCOC(=O)c1nnc(-c2ccc(NC(=O)OC(C)(C)C)cc2)o1. The van der Waals surface area contributed by atoms with E-state index >= 15 is 0 Å². The summed E-state index contributed by atoms with van der Waals surface area (Å²) >= 11 is 0. The number of amides is 1. The van der Waals surface area contributed by atoms with Gasteiger partial charge in [-0.05, 0) is 52.0 Å². The average molecular weight is 333 g/mol. The molecular weight excluding hydrogens is 314 g/mol. The number of benzene rings is 1. The minimum Gasteiger partial charge on any atom is -0.459 e. The summed E-state index contributed by atoms with van der Waals surface area (Å²) in [6, 6.07) is 6.67. The smallest absolute Gasteiger partial charge is 0.412 e. The van der Waals surface area contributed by atoms with Crippen molar-refractivity contribution in [2.24, 2.45) is 0 Å². The summed E-state index contributed by atoms with van der Waals surface area (Å²) in [6.45, 7) is 7.26. The maximum atomic E-state index is 11.7. The van der Waals surface area contributed by atoms with Gasteiger partial charge in [-0.15, -0.1) is 10.2 Å². The second-order valence-electron chi connectivity index (χ2n) is 5.84. The van der Waals surface area contributed by atoms with E-state index in [1.165, 1.54) is 0 Å². The lowest BCUT2D eigenvalue weighted by Gasteiger charge is -2.19. The Morgan fingerprint density at radius 1 is 1.17 bits per heavy atom. The fourth-order valence-corrected chi connectivity index (χ4v) is 1.73. The number of carbonyl (C=O) groups is 2. The zero-order valence-electron chi connectivity index (χ0n) is 14.0. The molecule has 0 atom stereocenters. The number of esters is 1. The molecule has 0 fully saturated rings. The number of nitrogens with one attached hydrogen (secondary N) is 1. The molecule has 0 aliphatic heterocycles. The van der Waals surface area contributed by atoms with Crippen molar-refractivity contribution in [2.45, 2.75) is 33.3 Å². The lowest BCUT2D eigenvalue weighted by Crippen LogP contribution is -2.27. The molecule has 0 spiro atoms. The molecule has 0 bridgehead atoms. The highest BCUT2D eigenvalue weighted by atomic mass is 16.6. The second kappa shape index (κ2) is 7.12. The Labute approximate surface area is 139 Å². The van der Waals surface area contributed by atoms with Crippen molar-refractivity contribution in [3.05, 3.63) is 30.2 Å². The number of carbonyl (C=O) groups excluding carboxylic acids is 2. The zero-order chi connectivity index (χ0) is 17.7. The highest BCUT2D eigenvalue weighted by molar-refractivity contribution is 5.85. The van der Waals surface area contributed by atoms with E-state index < -0.39 is 17.7 Å². The van der Waals surface area contributed by atoms with Crippen LogP contribution >= 0.6 is 0 Å². The largest absolute Gasteiger partial charge is 0.459 e. The van der Waals surface area contributed by atoms with E-state index in [0.717, 1.165) is 0 Å². The lowest BCUT2D eigenvalue weighted by molar-refractivity contribution is 0.0481. The minimum absolute atomic E-state index is 0.182. The van der Waals surface area contributed by atoms with E-state index in [1.807, 2.05) is 0 Å². The van der Waals surface area contributed by atoms with Crippen LogP contribution in [0.25, 0.3) is 11.5 Å². The summed E-state index contributed by atoms with van der Waals surface area (Å²) in [7, 11) is 0. The summed E-state index contributed by atoms with van der Waals surface area (Å²) in [4.78, 5) is 23.2. The maximum absolute atomic E-state index is 11.7. The summed E-state index contributed by atoms with van der Waals surface area (Å²) in [5.74, 6) is -0.691. The van der Waals surface area contributed by atoms with Gasteiger partial charge in [0.25, 0.3) is 0 Å². The van der Waals surface area contributed by atoms with Crippen molar-refractivity contribution in [1.29, 1.82) is 0 Å².